The van der Waals surface area contributed by atoms with E-state index < -0.39 is 10.0 Å². The van der Waals surface area contributed by atoms with Crippen LogP contribution in [-0.4, -0.2) is 58.1 Å². The Balaban J connectivity index is 1.79. The van der Waals surface area contributed by atoms with Crippen LogP contribution >= 0.6 is 0 Å². The minimum Gasteiger partial charge on any atom is -0.373 e. The van der Waals surface area contributed by atoms with Gasteiger partial charge in [-0.25, -0.2) is 12.7 Å². The van der Waals surface area contributed by atoms with Gasteiger partial charge < -0.3 is 10.2 Å². The molecular formula is C17H27N3O3S. The van der Waals surface area contributed by atoms with Crippen LogP contribution in [0.5, 0.6) is 0 Å². The van der Waals surface area contributed by atoms with E-state index in [1.54, 1.807) is 0 Å². The second-order valence-electron chi connectivity index (χ2n) is 6.51. The lowest BCUT2D eigenvalue weighted by molar-refractivity contribution is -0.125. The minimum atomic E-state index is -3.22. The lowest BCUT2D eigenvalue weighted by Crippen LogP contribution is -2.46. The molecule has 7 heteroatoms. The van der Waals surface area contributed by atoms with Gasteiger partial charge in [-0.3, -0.25) is 4.79 Å². The highest BCUT2D eigenvalue weighted by atomic mass is 32.2. The van der Waals surface area contributed by atoms with Crippen molar-refractivity contribution in [3.63, 3.8) is 0 Å². The third-order valence-corrected chi connectivity index (χ3v) is 5.71. The number of carbonyl (C=O) groups is 1. The SMILES string of the molecule is Cc1ccc(N(C)CCNC(=O)[C@H]2CCCN(S(C)(=O)=O)C2)cc1. The monoisotopic (exact) mass is 353 g/mol. The standard InChI is InChI=1S/C17H27N3O3S/c1-14-6-8-16(9-7-14)19(2)12-10-18-17(21)15-5-4-11-20(13-15)24(3,22)23/h6-9,15H,4-5,10-13H2,1-3H3,(H,18,21)/t15-/m0/s1. The molecule has 6 nitrogen and oxygen atoms in total. The number of nitrogens with one attached hydrogen (secondary N) is 1. The summed E-state index contributed by atoms with van der Waals surface area (Å²) in [5, 5.41) is 2.93. The lowest BCUT2D eigenvalue weighted by Gasteiger charge is -2.30. The second kappa shape index (κ2) is 7.98. The van der Waals surface area contributed by atoms with Crippen LogP contribution in [0.15, 0.2) is 24.3 Å². The fraction of sp³-hybridized carbons (Fsp3) is 0.588. The molecule has 0 bridgehead atoms. The highest BCUT2D eigenvalue weighted by Gasteiger charge is 2.29. The number of amides is 1. The number of benzene rings is 1. The molecule has 0 spiro atoms. The topological polar surface area (TPSA) is 69.7 Å². The van der Waals surface area contributed by atoms with Gasteiger partial charge in [0.15, 0.2) is 0 Å². The Labute approximate surface area is 144 Å². The van der Waals surface area contributed by atoms with E-state index in [-0.39, 0.29) is 11.8 Å². The number of hydrogen-bond donors (Lipinski definition) is 1. The van der Waals surface area contributed by atoms with Gasteiger partial charge in [-0.05, 0) is 31.9 Å². The molecule has 1 aliphatic rings. The first-order chi connectivity index (χ1) is 11.3. The van der Waals surface area contributed by atoms with Crippen molar-refractivity contribution in [2.75, 3.05) is 44.4 Å². The van der Waals surface area contributed by atoms with E-state index in [4.69, 9.17) is 0 Å². The number of carbonyl (C=O) groups excluding carboxylic acids is 1. The maximum atomic E-state index is 12.3. The molecule has 2 rings (SSSR count). The molecule has 1 aliphatic heterocycles. The van der Waals surface area contributed by atoms with Crippen molar-refractivity contribution in [1.29, 1.82) is 0 Å². The quantitative estimate of drug-likeness (QED) is 0.835. The second-order valence-corrected chi connectivity index (χ2v) is 8.49. The number of sulfonamides is 1. The van der Waals surface area contributed by atoms with Gasteiger partial charge in [0.1, 0.15) is 0 Å². The predicted molar refractivity (Wildman–Crippen MR) is 96.6 cm³/mol. The van der Waals surface area contributed by atoms with Crippen LogP contribution in [0.1, 0.15) is 18.4 Å². The molecule has 1 heterocycles. The van der Waals surface area contributed by atoms with Gasteiger partial charge in [0.25, 0.3) is 0 Å². The van der Waals surface area contributed by atoms with Crippen molar-refractivity contribution >= 4 is 21.6 Å². The lowest BCUT2D eigenvalue weighted by atomic mass is 9.99. The summed E-state index contributed by atoms with van der Waals surface area (Å²) < 4.78 is 24.7. The van der Waals surface area contributed by atoms with Crippen LogP contribution in [0.3, 0.4) is 0 Å². The van der Waals surface area contributed by atoms with Gasteiger partial charge in [-0.15, -0.1) is 0 Å². The Kier molecular flexibility index (Phi) is 6.23. The number of hydrogen-bond acceptors (Lipinski definition) is 4. The molecule has 1 aromatic carbocycles. The van der Waals surface area contributed by atoms with Crippen LogP contribution in [0.4, 0.5) is 5.69 Å². The van der Waals surface area contributed by atoms with Crippen molar-refractivity contribution in [1.82, 2.24) is 9.62 Å². The molecule has 0 saturated carbocycles. The van der Waals surface area contributed by atoms with E-state index in [0.29, 0.717) is 26.2 Å². The van der Waals surface area contributed by atoms with Gasteiger partial charge in [0.2, 0.25) is 15.9 Å². The smallest absolute Gasteiger partial charge is 0.224 e. The Hall–Kier alpha value is -1.60. The van der Waals surface area contributed by atoms with Crippen molar-refractivity contribution < 1.29 is 13.2 Å². The number of aryl methyl sites for hydroxylation is 1. The highest BCUT2D eigenvalue weighted by Crippen LogP contribution is 2.18. The molecule has 0 radical (unpaired) electrons. The van der Waals surface area contributed by atoms with E-state index in [0.717, 1.165) is 18.5 Å². The van der Waals surface area contributed by atoms with Crippen LogP contribution in [0, 0.1) is 12.8 Å². The average Bonchev–Trinajstić information content (AvgIpc) is 2.54. The third-order valence-electron chi connectivity index (χ3n) is 4.45. The molecule has 1 saturated heterocycles. The number of nitrogens with zero attached hydrogens (tertiary/aromatic N) is 2. The van der Waals surface area contributed by atoms with Gasteiger partial charge >= 0.3 is 0 Å². The first kappa shape index (κ1) is 18.7. The van der Waals surface area contributed by atoms with Crippen molar-refractivity contribution in [3.05, 3.63) is 29.8 Å². The maximum Gasteiger partial charge on any atom is 0.224 e. The van der Waals surface area contributed by atoms with E-state index in [2.05, 4.69) is 34.5 Å². The number of rotatable bonds is 6. The van der Waals surface area contributed by atoms with Gasteiger partial charge in [-0.2, -0.15) is 0 Å². The molecule has 0 unspecified atom stereocenters. The molecule has 134 valence electrons. The molecule has 24 heavy (non-hydrogen) atoms. The first-order valence-electron chi connectivity index (χ1n) is 8.28. The minimum absolute atomic E-state index is 0.0549. The van der Waals surface area contributed by atoms with Crippen molar-refractivity contribution in [3.8, 4) is 0 Å². The molecule has 1 atom stereocenters. The summed E-state index contributed by atoms with van der Waals surface area (Å²) in [5.74, 6) is -0.307. The van der Waals surface area contributed by atoms with Crippen molar-refractivity contribution in [2.24, 2.45) is 5.92 Å². The Bertz CT molecular complexity index is 658. The largest absolute Gasteiger partial charge is 0.373 e. The normalized spacial score (nSPS) is 19.0. The molecule has 1 amide bonds. The summed E-state index contributed by atoms with van der Waals surface area (Å²) in [6, 6.07) is 8.24. The highest BCUT2D eigenvalue weighted by molar-refractivity contribution is 7.88. The van der Waals surface area contributed by atoms with E-state index in [1.807, 2.05) is 14.0 Å². The zero-order chi connectivity index (χ0) is 17.7. The zero-order valence-electron chi connectivity index (χ0n) is 14.7. The summed E-state index contributed by atoms with van der Waals surface area (Å²) in [6.07, 6.45) is 2.67. The molecule has 0 aromatic heterocycles. The predicted octanol–water partition coefficient (Wildman–Crippen LogP) is 1.22. The fourth-order valence-electron chi connectivity index (χ4n) is 2.88. The van der Waals surface area contributed by atoms with Gasteiger partial charge in [-0.1, -0.05) is 17.7 Å². The first-order valence-corrected chi connectivity index (χ1v) is 10.1. The molecule has 1 fully saturated rings. The molecular weight excluding hydrogens is 326 g/mol. The molecule has 1 aromatic rings. The Morgan fingerprint density at radius 2 is 2.00 bits per heavy atom. The van der Waals surface area contributed by atoms with Gasteiger partial charge in [0.05, 0.1) is 12.2 Å². The van der Waals surface area contributed by atoms with Crippen LogP contribution in [-0.2, 0) is 14.8 Å². The fourth-order valence-corrected chi connectivity index (χ4v) is 3.79. The maximum absolute atomic E-state index is 12.3. The molecule has 0 aliphatic carbocycles. The Morgan fingerprint density at radius 3 is 2.62 bits per heavy atom. The van der Waals surface area contributed by atoms with Crippen LogP contribution < -0.4 is 10.2 Å². The molecule has 1 N–H and O–H groups in total. The summed E-state index contributed by atoms with van der Waals surface area (Å²) in [7, 11) is -1.23. The summed E-state index contributed by atoms with van der Waals surface area (Å²) in [5.41, 5.74) is 2.32. The van der Waals surface area contributed by atoms with Gasteiger partial charge in [0, 0.05) is 38.9 Å². The van der Waals surface area contributed by atoms with Crippen LogP contribution in [0.25, 0.3) is 0 Å². The number of likely N-dealkylation sites (N-methyl/N-ethyl adjacent to an activating group) is 1. The zero-order valence-corrected chi connectivity index (χ0v) is 15.5. The average molecular weight is 353 g/mol. The van der Waals surface area contributed by atoms with Crippen molar-refractivity contribution in [2.45, 2.75) is 19.8 Å². The third kappa shape index (κ3) is 5.21. The van der Waals surface area contributed by atoms with E-state index >= 15 is 0 Å². The summed E-state index contributed by atoms with van der Waals surface area (Å²) >= 11 is 0. The number of piperidine rings is 1. The summed E-state index contributed by atoms with van der Waals surface area (Å²) in [6.45, 7) is 4.10. The van der Waals surface area contributed by atoms with E-state index in [9.17, 15) is 13.2 Å². The van der Waals surface area contributed by atoms with Crippen LogP contribution in [0.2, 0.25) is 0 Å². The summed E-state index contributed by atoms with van der Waals surface area (Å²) in [4.78, 5) is 14.4. The Morgan fingerprint density at radius 1 is 1.33 bits per heavy atom. The number of anilines is 1. The van der Waals surface area contributed by atoms with E-state index in [1.165, 1.54) is 16.1 Å².